The van der Waals surface area contributed by atoms with Gasteiger partial charge in [-0.1, -0.05) is 44.2 Å². The number of rotatable bonds is 8. The molecule has 0 unspecified atom stereocenters. The molecule has 2 nitrogen and oxygen atoms in total. The number of ether oxygens (including phenoxy) is 2. The van der Waals surface area contributed by atoms with Gasteiger partial charge in [0.05, 0.1) is 6.61 Å². The van der Waals surface area contributed by atoms with Crippen LogP contribution in [0.3, 0.4) is 0 Å². The van der Waals surface area contributed by atoms with Gasteiger partial charge in [0.2, 0.25) is 0 Å². The molecule has 0 N–H and O–H groups in total. The summed E-state index contributed by atoms with van der Waals surface area (Å²) in [5.41, 5.74) is 1.17. The highest BCUT2D eigenvalue weighted by atomic mass is 16.5. The minimum Gasteiger partial charge on any atom is -0.494 e. The van der Waals surface area contributed by atoms with Gasteiger partial charge in [0.25, 0.3) is 0 Å². The van der Waals surface area contributed by atoms with Crippen LogP contribution in [0, 0.1) is 5.92 Å². The molecule has 0 aliphatic carbocycles. The fraction of sp³-hybridized carbons (Fsp3) is 0.368. The quantitative estimate of drug-likeness (QED) is 0.629. The molecule has 2 heteroatoms. The van der Waals surface area contributed by atoms with Crippen molar-refractivity contribution in [3.63, 3.8) is 0 Å². The summed E-state index contributed by atoms with van der Waals surface area (Å²) in [6.45, 7) is 5.84. The van der Waals surface area contributed by atoms with E-state index < -0.39 is 0 Å². The van der Waals surface area contributed by atoms with E-state index in [-0.39, 0.29) is 0 Å². The predicted octanol–water partition coefficient (Wildman–Crippen LogP) is 5.08. The minimum absolute atomic E-state index is 0.593. The molecule has 0 aliphatic heterocycles. The SMILES string of the molecule is CC(C)CCCOc1ccc(OCc2ccccc2)cc1. The van der Waals surface area contributed by atoms with Crippen LogP contribution in [-0.4, -0.2) is 6.61 Å². The Kier molecular flexibility index (Phi) is 6.14. The van der Waals surface area contributed by atoms with Gasteiger partial charge in [-0.3, -0.25) is 0 Å². The lowest BCUT2D eigenvalue weighted by Crippen LogP contribution is -1.99. The highest BCUT2D eigenvalue weighted by Crippen LogP contribution is 2.19. The normalized spacial score (nSPS) is 10.6. The first-order chi connectivity index (χ1) is 10.2. The standard InChI is InChI=1S/C19H24O2/c1-16(2)7-6-14-20-18-10-12-19(13-11-18)21-15-17-8-4-3-5-9-17/h3-5,8-13,16H,6-7,14-15H2,1-2H3. The van der Waals surface area contributed by atoms with Gasteiger partial charge in [0.15, 0.2) is 0 Å². The number of benzene rings is 2. The van der Waals surface area contributed by atoms with Gasteiger partial charge < -0.3 is 9.47 Å². The van der Waals surface area contributed by atoms with Crippen LogP contribution in [0.15, 0.2) is 54.6 Å². The molecule has 0 spiro atoms. The summed E-state index contributed by atoms with van der Waals surface area (Å²) in [5, 5.41) is 0. The highest BCUT2D eigenvalue weighted by molar-refractivity contribution is 5.31. The summed E-state index contributed by atoms with van der Waals surface area (Å²) in [6, 6.07) is 18.0. The molecule has 21 heavy (non-hydrogen) atoms. The van der Waals surface area contributed by atoms with Crippen LogP contribution in [0.4, 0.5) is 0 Å². The summed E-state index contributed by atoms with van der Waals surface area (Å²) >= 11 is 0. The monoisotopic (exact) mass is 284 g/mol. The Morgan fingerprint density at radius 2 is 1.43 bits per heavy atom. The predicted molar refractivity (Wildman–Crippen MR) is 86.8 cm³/mol. The van der Waals surface area contributed by atoms with Crippen molar-refractivity contribution in [1.29, 1.82) is 0 Å². The summed E-state index contributed by atoms with van der Waals surface area (Å²) < 4.78 is 11.5. The molecule has 0 saturated heterocycles. The third-order valence-electron chi connectivity index (χ3n) is 3.27. The maximum absolute atomic E-state index is 5.75. The largest absolute Gasteiger partial charge is 0.494 e. The van der Waals surface area contributed by atoms with Crippen LogP contribution in [0.1, 0.15) is 32.3 Å². The van der Waals surface area contributed by atoms with Crippen molar-refractivity contribution in [1.82, 2.24) is 0 Å². The number of hydrogen-bond donors (Lipinski definition) is 0. The van der Waals surface area contributed by atoms with Gasteiger partial charge in [-0.05, 0) is 48.6 Å². The van der Waals surface area contributed by atoms with Gasteiger partial charge in [-0.15, -0.1) is 0 Å². The van der Waals surface area contributed by atoms with Gasteiger partial charge in [-0.25, -0.2) is 0 Å². The molecule has 0 amide bonds. The van der Waals surface area contributed by atoms with E-state index in [0.717, 1.165) is 30.4 Å². The zero-order valence-corrected chi connectivity index (χ0v) is 12.9. The van der Waals surface area contributed by atoms with Crippen molar-refractivity contribution in [3.8, 4) is 11.5 Å². The molecule has 112 valence electrons. The van der Waals surface area contributed by atoms with E-state index in [0.29, 0.717) is 6.61 Å². The average Bonchev–Trinajstić information content (AvgIpc) is 2.51. The first kappa shape index (κ1) is 15.4. The molecule has 0 radical (unpaired) electrons. The van der Waals surface area contributed by atoms with Crippen molar-refractivity contribution in [3.05, 3.63) is 60.2 Å². The Balaban J connectivity index is 1.74. The summed E-state index contributed by atoms with van der Waals surface area (Å²) in [4.78, 5) is 0. The molecular weight excluding hydrogens is 260 g/mol. The van der Waals surface area contributed by atoms with E-state index in [1.165, 1.54) is 12.0 Å². The van der Waals surface area contributed by atoms with Crippen LogP contribution in [0.25, 0.3) is 0 Å². The van der Waals surface area contributed by atoms with E-state index in [1.807, 2.05) is 42.5 Å². The van der Waals surface area contributed by atoms with Gasteiger partial charge in [0.1, 0.15) is 18.1 Å². The second kappa shape index (κ2) is 8.35. The Bertz CT molecular complexity index is 503. The lowest BCUT2D eigenvalue weighted by Gasteiger charge is -2.09. The lowest BCUT2D eigenvalue weighted by molar-refractivity contribution is 0.292. The van der Waals surface area contributed by atoms with Crippen LogP contribution >= 0.6 is 0 Å². The van der Waals surface area contributed by atoms with E-state index >= 15 is 0 Å². The second-order valence-electron chi connectivity index (χ2n) is 5.63. The molecule has 0 heterocycles. The third-order valence-corrected chi connectivity index (χ3v) is 3.27. The van der Waals surface area contributed by atoms with Gasteiger partial charge in [0, 0.05) is 0 Å². The molecule has 0 aromatic heterocycles. The van der Waals surface area contributed by atoms with E-state index in [1.54, 1.807) is 0 Å². The Morgan fingerprint density at radius 3 is 2.05 bits per heavy atom. The molecule has 2 aromatic rings. The van der Waals surface area contributed by atoms with Gasteiger partial charge in [-0.2, -0.15) is 0 Å². The van der Waals surface area contributed by atoms with E-state index in [4.69, 9.17) is 9.47 Å². The second-order valence-corrected chi connectivity index (χ2v) is 5.63. The van der Waals surface area contributed by atoms with Gasteiger partial charge >= 0.3 is 0 Å². The smallest absolute Gasteiger partial charge is 0.120 e. The fourth-order valence-electron chi connectivity index (χ4n) is 2.05. The summed E-state index contributed by atoms with van der Waals surface area (Å²) in [6.07, 6.45) is 2.31. The molecule has 0 saturated carbocycles. The summed E-state index contributed by atoms with van der Waals surface area (Å²) in [7, 11) is 0. The lowest BCUT2D eigenvalue weighted by atomic mass is 10.1. The topological polar surface area (TPSA) is 18.5 Å². The molecule has 2 aromatic carbocycles. The fourth-order valence-corrected chi connectivity index (χ4v) is 2.05. The third kappa shape index (κ3) is 5.90. The molecule has 2 rings (SSSR count). The van der Waals surface area contributed by atoms with Crippen LogP contribution in [0.2, 0.25) is 0 Å². The average molecular weight is 284 g/mol. The maximum Gasteiger partial charge on any atom is 0.120 e. The molecule has 0 aliphatic rings. The Labute approximate surface area is 127 Å². The molecule has 0 fully saturated rings. The molecule has 0 bridgehead atoms. The van der Waals surface area contributed by atoms with Crippen molar-refractivity contribution in [2.45, 2.75) is 33.3 Å². The van der Waals surface area contributed by atoms with Crippen molar-refractivity contribution in [2.24, 2.45) is 5.92 Å². The first-order valence-electron chi connectivity index (χ1n) is 7.63. The minimum atomic E-state index is 0.593. The zero-order chi connectivity index (χ0) is 14.9. The molecular formula is C19H24O2. The number of hydrogen-bond acceptors (Lipinski definition) is 2. The first-order valence-corrected chi connectivity index (χ1v) is 7.63. The maximum atomic E-state index is 5.75. The summed E-state index contributed by atoms with van der Waals surface area (Å²) in [5.74, 6) is 2.52. The van der Waals surface area contributed by atoms with Crippen molar-refractivity contribution in [2.75, 3.05) is 6.61 Å². The van der Waals surface area contributed by atoms with Crippen LogP contribution in [0.5, 0.6) is 11.5 Å². The van der Waals surface area contributed by atoms with Crippen molar-refractivity contribution >= 4 is 0 Å². The van der Waals surface area contributed by atoms with Crippen LogP contribution in [-0.2, 0) is 6.61 Å². The highest BCUT2D eigenvalue weighted by Gasteiger charge is 1.99. The Morgan fingerprint density at radius 1 is 0.810 bits per heavy atom. The van der Waals surface area contributed by atoms with Crippen molar-refractivity contribution < 1.29 is 9.47 Å². The van der Waals surface area contributed by atoms with E-state index in [2.05, 4.69) is 26.0 Å². The Hall–Kier alpha value is -1.96. The van der Waals surface area contributed by atoms with E-state index in [9.17, 15) is 0 Å². The zero-order valence-electron chi connectivity index (χ0n) is 12.9. The van der Waals surface area contributed by atoms with Crippen LogP contribution < -0.4 is 9.47 Å². The molecule has 0 atom stereocenters.